The van der Waals surface area contributed by atoms with E-state index in [2.05, 4.69) is 15.6 Å². The number of benzene rings is 1. The molecule has 0 saturated heterocycles. The molecular formula is C12H13N4O+. The van der Waals surface area contributed by atoms with Gasteiger partial charge in [-0.05, 0) is 32.0 Å². The van der Waals surface area contributed by atoms with Gasteiger partial charge in [0.25, 0.3) is 0 Å². The Morgan fingerprint density at radius 2 is 1.71 bits per heavy atom. The molecule has 1 aromatic heterocycles. The number of rotatable bonds is 2. The van der Waals surface area contributed by atoms with E-state index in [4.69, 9.17) is 0 Å². The Kier molecular flexibility index (Phi) is 3.09. The summed E-state index contributed by atoms with van der Waals surface area (Å²) in [6.45, 7) is 3.69. The number of hydrogen-bond acceptors (Lipinski definition) is 3. The lowest BCUT2D eigenvalue weighted by Crippen LogP contribution is -2.55. The Labute approximate surface area is 99.1 Å². The third-order valence-corrected chi connectivity index (χ3v) is 2.16. The summed E-state index contributed by atoms with van der Waals surface area (Å²) in [6.07, 6.45) is 0. The molecule has 0 fully saturated rings. The molecule has 1 heterocycles. The first-order valence-electron chi connectivity index (χ1n) is 5.26. The number of nitrogens with zero attached hydrogens (tertiary/aromatic N) is 3. The van der Waals surface area contributed by atoms with Crippen LogP contribution in [-0.2, 0) is 0 Å². The number of nitrogens with one attached hydrogen (secondary N) is 1. The number of aryl methyl sites for hydroxylation is 2. The van der Waals surface area contributed by atoms with Crippen molar-refractivity contribution in [1.29, 1.82) is 0 Å². The maximum Gasteiger partial charge on any atom is 0.310 e. The van der Waals surface area contributed by atoms with Crippen molar-refractivity contribution in [3.8, 4) is 0 Å². The average molecular weight is 229 g/mol. The fourth-order valence-electron chi connectivity index (χ4n) is 1.48. The molecule has 0 saturated carbocycles. The minimum atomic E-state index is -0.236. The zero-order valence-corrected chi connectivity index (χ0v) is 9.71. The van der Waals surface area contributed by atoms with Crippen LogP contribution in [-0.4, -0.2) is 16.1 Å². The minimum Gasteiger partial charge on any atom is -0.263 e. The molecule has 1 aromatic carbocycles. The van der Waals surface area contributed by atoms with Gasteiger partial charge >= 0.3 is 5.91 Å². The Hall–Kier alpha value is -2.30. The largest absolute Gasteiger partial charge is 0.310 e. The standard InChI is InChI=1S/C12H12N4O/c1-9-8-10(2)14-16(13-9)15-12(17)11-6-4-3-5-7-11/h3-8H,1-2H3/p+1. The Bertz CT molecular complexity index is 519. The molecule has 1 amide bonds. The van der Waals surface area contributed by atoms with E-state index in [9.17, 15) is 4.79 Å². The molecule has 0 bridgehead atoms. The van der Waals surface area contributed by atoms with Crippen molar-refractivity contribution < 1.29 is 9.70 Å². The van der Waals surface area contributed by atoms with Gasteiger partial charge in [-0.15, -0.1) is 0 Å². The zero-order chi connectivity index (χ0) is 12.3. The van der Waals surface area contributed by atoms with Crippen LogP contribution in [0.25, 0.3) is 0 Å². The van der Waals surface area contributed by atoms with Crippen LogP contribution in [0.4, 0.5) is 0 Å². The van der Waals surface area contributed by atoms with Crippen molar-refractivity contribution in [2.24, 2.45) is 0 Å². The van der Waals surface area contributed by atoms with E-state index < -0.39 is 0 Å². The van der Waals surface area contributed by atoms with E-state index in [1.54, 1.807) is 12.1 Å². The number of amides is 1. The van der Waals surface area contributed by atoms with E-state index >= 15 is 0 Å². The number of aromatic nitrogens is 3. The molecule has 0 aliphatic carbocycles. The van der Waals surface area contributed by atoms with Crippen LogP contribution >= 0.6 is 0 Å². The molecule has 0 radical (unpaired) electrons. The first-order valence-corrected chi connectivity index (χ1v) is 5.26. The third kappa shape index (κ3) is 2.84. The topological polar surface area (TPSA) is 58.8 Å². The highest BCUT2D eigenvalue weighted by Crippen LogP contribution is 1.97. The third-order valence-electron chi connectivity index (χ3n) is 2.16. The van der Waals surface area contributed by atoms with Gasteiger partial charge in [-0.2, -0.15) is 0 Å². The highest BCUT2D eigenvalue weighted by molar-refractivity contribution is 5.98. The van der Waals surface area contributed by atoms with Gasteiger partial charge in [-0.25, -0.2) is 0 Å². The van der Waals surface area contributed by atoms with Crippen molar-refractivity contribution in [2.75, 3.05) is 5.43 Å². The molecular weight excluding hydrogens is 216 g/mol. The fourth-order valence-corrected chi connectivity index (χ4v) is 1.48. The second kappa shape index (κ2) is 4.69. The summed E-state index contributed by atoms with van der Waals surface area (Å²) in [6, 6.07) is 10.8. The highest BCUT2D eigenvalue weighted by atomic mass is 16.2. The average Bonchev–Trinajstić information content (AvgIpc) is 2.28. The van der Waals surface area contributed by atoms with Gasteiger partial charge in [0.1, 0.15) is 11.4 Å². The molecule has 5 heteroatoms. The molecule has 0 aliphatic rings. The second-order valence-corrected chi connectivity index (χ2v) is 3.72. The molecule has 1 N–H and O–H groups in total. The van der Waals surface area contributed by atoms with Crippen LogP contribution < -0.4 is 10.3 Å². The van der Waals surface area contributed by atoms with Gasteiger partial charge in [0.05, 0.1) is 10.2 Å². The molecule has 0 unspecified atom stereocenters. The van der Waals surface area contributed by atoms with E-state index in [1.807, 2.05) is 38.1 Å². The first kappa shape index (κ1) is 11.2. The predicted molar refractivity (Wildman–Crippen MR) is 61.8 cm³/mol. The second-order valence-electron chi connectivity index (χ2n) is 3.72. The number of carbonyl (C=O) groups excluding carboxylic acids is 1. The van der Waals surface area contributed by atoms with Gasteiger partial charge in [-0.1, -0.05) is 23.6 Å². The van der Waals surface area contributed by atoms with Gasteiger partial charge in [-0.3, -0.25) is 4.79 Å². The van der Waals surface area contributed by atoms with Gasteiger partial charge < -0.3 is 0 Å². The summed E-state index contributed by atoms with van der Waals surface area (Å²) in [5.41, 5.74) is 4.76. The van der Waals surface area contributed by atoms with Crippen molar-refractivity contribution in [3.63, 3.8) is 0 Å². The molecule has 0 atom stereocenters. The first-order chi connectivity index (χ1) is 8.15. The monoisotopic (exact) mass is 229 g/mol. The minimum absolute atomic E-state index is 0.236. The van der Waals surface area contributed by atoms with Crippen LogP contribution in [0.2, 0.25) is 0 Å². The summed E-state index contributed by atoms with van der Waals surface area (Å²) >= 11 is 0. The van der Waals surface area contributed by atoms with Crippen molar-refractivity contribution in [1.82, 2.24) is 10.2 Å². The van der Waals surface area contributed by atoms with Crippen LogP contribution in [0, 0.1) is 13.8 Å². The summed E-state index contributed by atoms with van der Waals surface area (Å²) in [5.74, 6) is -0.236. The van der Waals surface area contributed by atoms with E-state index in [1.165, 1.54) is 4.91 Å². The summed E-state index contributed by atoms with van der Waals surface area (Å²) < 4.78 is 0. The van der Waals surface area contributed by atoms with E-state index in [0.29, 0.717) is 5.56 Å². The summed E-state index contributed by atoms with van der Waals surface area (Å²) in [7, 11) is 0. The molecule has 5 nitrogen and oxygen atoms in total. The molecule has 2 aromatic rings. The maximum absolute atomic E-state index is 11.8. The van der Waals surface area contributed by atoms with Crippen LogP contribution in [0.5, 0.6) is 0 Å². The fraction of sp³-hybridized carbons (Fsp3) is 0.167. The van der Waals surface area contributed by atoms with Crippen molar-refractivity contribution in [2.45, 2.75) is 13.8 Å². The Morgan fingerprint density at radius 1 is 1.12 bits per heavy atom. The smallest absolute Gasteiger partial charge is 0.263 e. The zero-order valence-electron chi connectivity index (χ0n) is 9.71. The molecule has 0 spiro atoms. The lowest BCUT2D eigenvalue weighted by Gasteiger charge is -1.97. The molecule has 17 heavy (non-hydrogen) atoms. The Morgan fingerprint density at radius 3 is 2.29 bits per heavy atom. The molecule has 0 aliphatic heterocycles. The van der Waals surface area contributed by atoms with Crippen LogP contribution in [0.1, 0.15) is 21.7 Å². The Balaban J connectivity index is 2.19. The maximum atomic E-state index is 11.8. The quantitative estimate of drug-likeness (QED) is 0.774. The summed E-state index contributed by atoms with van der Waals surface area (Å²) in [5, 5.41) is 8.15. The van der Waals surface area contributed by atoms with Gasteiger partial charge in [0.15, 0.2) is 4.91 Å². The SMILES string of the molecule is Cc1cc(C)n[n+](NC(=O)c2ccccc2)n1. The van der Waals surface area contributed by atoms with Crippen LogP contribution in [0.15, 0.2) is 36.4 Å². The number of carbonyl (C=O) groups is 1. The highest BCUT2D eigenvalue weighted by Gasteiger charge is 2.14. The normalized spacial score (nSPS) is 10.0. The van der Waals surface area contributed by atoms with Crippen molar-refractivity contribution >= 4 is 5.91 Å². The van der Waals surface area contributed by atoms with Crippen LogP contribution in [0.3, 0.4) is 0 Å². The lowest BCUT2D eigenvalue weighted by molar-refractivity contribution is -0.760. The van der Waals surface area contributed by atoms with E-state index in [-0.39, 0.29) is 5.91 Å². The number of hydrogen-bond donors (Lipinski definition) is 1. The van der Waals surface area contributed by atoms with Gasteiger partial charge in [0, 0.05) is 5.56 Å². The lowest BCUT2D eigenvalue weighted by atomic mass is 10.2. The summed E-state index contributed by atoms with van der Waals surface area (Å²) in [4.78, 5) is 13.0. The molecule has 2 rings (SSSR count). The predicted octanol–water partition coefficient (Wildman–Crippen LogP) is 0.765. The van der Waals surface area contributed by atoms with Gasteiger partial charge in [0.2, 0.25) is 0 Å². The van der Waals surface area contributed by atoms with E-state index in [0.717, 1.165) is 11.4 Å². The van der Waals surface area contributed by atoms with Crippen molar-refractivity contribution in [3.05, 3.63) is 53.3 Å². The molecule has 86 valence electrons.